The molecule has 2 aromatic rings. The van der Waals surface area contributed by atoms with Gasteiger partial charge in [0.15, 0.2) is 0 Å². The largest absolute Gasteiger partial charge is 0.480 e. The van der Waals surface area contributed by atoms with Crippen LogP contribution >= 0.6 is 0 Å². The standard InChI is InChI=1S/C20H22N2O6/c23-12-17(22-20(27)28-13-15-9-5-2-6-10-15)18(24)21-16(19(25)26)11-14-7-3-1-4-8-14/h1-10,16-17,23H,11-13H2,(H,21,24)(H,22,27)(H,25,26)/t16-,17+/m0/s1. The predicted octanol–water partition coefficient (Wildman–Crippen LogP) is 1.09. The first-order valence-electron chi connectivity index (χ1n) is 8.64. The van der Waals surface area contributed by atoms with Crippen LogP contribution in [-0.4, -0.2) is 46.9 Å². The van der Waals surface area contributed by atoms with E-state index in [1.807, 2.05) is 6.07 Å². The number of aliphatic hydroxyl groups excluding tert-OH is 1. The molecule has 0 radical (unpaired) electrons. The van der Waals surface area contributed by atoms with Crippen molar-refractivity contribution in [1.29, 1.82) is 0 Å². The van der Waals surface area contributed by atoms with E-state index in [9.17, 15) is 24.6 Å². The maximum atomic E-state index is 12.3. The predicted molar refractivity (Wildman–Crippen MR) is 100 cm³/mol. The Morgan fingerprint density at radius 1 is 0.857 bits per heavy atom. The average molecular weight is 386 g/mol. The van der Waals surface area contributed by atoms with Gasteiger partial charge in [-0.1, -0.05) is 60.7 Å². The number of aliphatic hydroxyl groups is 1. The first-order valence-corrected chi connectivity index (χ1v) is 8.64. The molecule has 0 aliphatic rings. The van der Waals surface area contributed by atoms with E-state index in [1.165, 1.54) is 0 Å². The van der Waals surface area contributed by atoms with Gasteiger partial charge in [-0.05, 0) is 11.1 Å². The normalized spacial score (nSPS) is 12.5. The van der Waals surface area contributed by atoms with Crippen molar-refractivity contribution in [3.63, 3.8) is 0 Å². The molecule has 0 saturated carbocycles. The summed E-state index contributed by atoms with van der Waals surface area (Å²) in [6.07, 6.45) is -0.827. The van der Waals surface area contributed by atoms with Crippen molar-refractivity contribution in [1.82, 2.24) is 10.6 Å². The van der Waals surface area contributed by atoms with Crippen molar-refractivity contribution in [3.8, 4) is 0 Å². The third kappa shape index (κ3) is 6.73. The van der Waals surface area contributed by atoms with Gasteiger partial charge in [0.25, 0.3) is 0 Å². The minimum absolute atomic E-state index is 0.00179. The van der Waals surface area contributed by atoms with Gasteiger partial charge in [0.1, 0.15) is 18.7 Å². The number of hydrogen-bond donors (Lipinski definition) is 4. The minimum atomic E-state index is -1.33. The molecule has 0 bridgehead atoms. The Bertz CT molecular complexity index is 782. The van der Waals surface area contributed by atoms with E-state index in [0.29, 0.717) is 0 Å². The SMILES string of the molecule is O=C(N[C@H](CO)C(=O)N[C@@H](Cc1ccccc1)C(=O)O)OCc1ccccc1. The fraction of sp³-hybridized carbons (Fsp3) is 0.250. The van der Waals surface area contributed by atoms with Gasteiger partial charge < -0.3 is 25.6 Å². The highest BCUT2D eigenvalue weighted by Crippen LogP contribution is 2.04. The molecule has 2 atom stereocenters. The van der Waals surface area contributed by atoms with Crippen LogP contribution in [0.15, 0.2) is 60.7 Å². The van der Waals surface area contributed by atoms with Crippen LogP contribution in [0.25, 0.3) is 0 Å². The van der Waals surface area contributed by atoms with E-state index in [2.05, 4.69) is 10.6 Å². The van der Waals surface area contributed by atoms with Crippen molar-refractivity contribution in [2.75, 3.05) is 6.61 Å². The molecular formula is C20H22N2O6. The summed E-state index contributed by atoms with van der Waals surface area (Å²) in [6.45, 7) is -0.706. The second-order valence-electron chi connectivity index (χ2n) is 6.03. The molecule has 0 spiro atoms. The molecule has 0 heterocycles. The lowest BCUT2D eigenvalue weighted by atomic mass is 10.1. The van der Waals surface area contributed by atoms with Crippen LogP contribution in [-0.2, 0) is 27.4 Å². The number of rotatable bonds is 9. The summed E-state index contributed by atoms with van der Waals surface area (Å²) in [4.78, 5) is 35.6. The maximum absolute atomic E-state index is 12.3. The number of benzene rings is 2. The Labute approximate surface area is 162 Å². The Kier molecular flexibility index (Phi) is 7.98. The molecule has 2 amide bonds. The van der Waals surface area contributed by atoms with Crippen LogP contribution in [0.1, 0.15) is 11.1 Å². The molecule has 2 rings (SSSR count). The van der Waals surface area contributed by atoms with Crippen LogP contribution in [0.5, 0.6) is 0 Å². The van der Waals surface area contributed by atoms with E-state index in [1.54, 1.807) is 54.6 Å². The quantitative estimate of drug-likeness (QED) is 0.511. The molecule has 4 N–H and O–H groups in total. The third-order valence-electron chi connectivity index (χ3n) is 3.90. The molecule has 0 saturated heterocycles. The monoisotopic (exact) mass is 386 g/mol. The van der Waals surface area contributed by atoms with Crippen LogP contribution in [0, 0.1) is 0 Å². The minimum Gasteiger partial charge on any atom is -0.480 e. The molecule has 0 aliphatic heterocycles. The molecule has 2 aromatic carbocycles. The summed E-state index contributed by atoms with van der Waals surface area (Å²) >= 11 is 0. The summed E-state index contributed by atoms with van der Waals surface area (Å²) in [5.41, 5.74) is 1.49. The topological polar surface area (TPSA) is 125 Å². The van der Waals surface area contributed by atoms with Gasteiger partial charge in [0.05, 0.1) is 6.61 Å². The number of carbonyl (C=O) groups is 3. The lowest BCUT2D eigenvalue weighted by Crippen LogP contribution is -2.53. The Balaban J connectivity index is 1.89. The zero-order valence-corrected chi connectivity index (χ0v) is 15.1. The van der Waals surface area contributed by atoms with Crippen LogP contribution in [0.3, 0.4) is 0 Å². The van der Waals surface area contributed by atoms with Crippen LogP contribution in [0.4, 0.5) is 4.79 Å². The average Bonchev–Trinajstić information content (AvgIpc) is 2.71. The summed E-state index contributed by atoms with van der Waals surface area (Å²) < 4.78 is 5.00. The number of aliphatic carboxylic acids is 1. The summed E-state index contributed by atoms with van der Waals surface area (Å²) in [6, 6.07) is 15.2. The summed E-state index contributed by atoms with van der Waals surface area (Å²) in [7, 11) is 0. The first kappa shape index (κ1) is 20.9. The molecule has 0 fully saturated rings. The second-order valence-corrected chi connectivity index (χ2v) is 6.03. The van der Waals surface area contributed by atoms with Gasteiger partial charge in [-0.2, -0.15) is 0 Å². The number of nitrogens with one attached hydrogen (secondary N) is 2. The fourth-order valence-corrected chi connectivity index (χ4v) is 2.42. The number of carboxylic acid groups (broad SMARTS) is 1. The Morgan fingerprint density at radius 2 is 1.43 bits per heavy atom. The van der Waals surface area contributed by atoms with Crippen molar-refractivity contribution in [2.45, 2.75) is 25.1 Å². The number of ether oxygens (including phenoxy) is 1. The Hall–Kier alpha value is -3.39. The van der Waals surface area contributed by atoms with Gasteiger partial charge in [-0.25, -0.2) is 9.59 Å². The highest BCUT2D eigenvalue weighted by molar-refractivity contribution is 5.89. The van der Waals surface area contributed by atoms with E-state index < -0.39 is 36.7 Å². The molecule has 0 unspecified atom stereocenters. The van der Waals surface area contributed by atoms with Gasteiger partial charge >= 0.3 is 12.1 Å². The zero-order chi connectivity index (χ0) is 20.4. The molecule has 0 aromatic heterocycles. The highest BCUT2D eigenvalue weighted by Gasteiger charge is 2.26. The molecule has 8 nitrogen and oxygen atoms in total. The van der Waals surface area contributed by atoms with E-state index in [4.69, 9.17) is 4.74 Å². The van der Waals surface area contributed by atoms with Gasteiger partial charge in [-0.15, -0.1) is 0 Å². The summed E-state index contributed by atoms with van der Waals surface area (Å²) in [5, 5.41) is 23.3. The van der Waals surface area contributed by atoms with Crippen molar-refractivity contribution >= 4 is 18.0 Å². The number of alkyl carbamates (subject to hydrolysis) is 1. The lowest BCUT2D eigenvalue weighted by Gasteiger charge is -2.20. The van der Waals surface area contributed by atoms with E-state index in [-0.39, 0.29) is 13.0 Å². The molecule has 28 heavy (non-hydrogen) atoms. The van der Waals surface area contributed by atoms with Crippen LogP contribution in [0.2, 0.25) is 0 Å². The molecule has 148 valence electrons. The van der Waals surface area contributed by atoms with Crippen molar-refractivity contribution in [3.05, 3.63) is 71.8 Å². The van der Waals surface area contributed by atoms with E-state index >= 15 is 0 Å². The number of amides is 2. The fourth-order valence-electron chi connectivity index (χ4n) is 2.42. The smallest absolute Gasteiger partial charge is 0.408 e. The van der Waals surface area contributed by atoms with Gasteiger partial charge in [-0.3, -0.25) is 4.79 Å². The maximum Gasteiger partial charge on any atom is 0.408 e. The molecular weight excluding hydrogens is 364 g/mol. The molecule has 0 aliphatic carbocycles. The molecule has 8 heteroatoms. The zero-order valence-electron chi connectivity index (χ0n) is 15.1. The van der Waals surface area contributed by atoms with Gasteiger partial charge in [0, 0.05) is 6.42 Å². The van der Waals surface area contributed by atoms with E-state index in [0.717, 1.165) is 11.1 Å². The lowest BCUT2D eigenvalue weighted by molar-refractivity contribution is -0.142. The van der Waals surface area contributed by atoms with Crippen LogP contribution < -0.4 is 10.6 Å². The van der Waals surface area contributed by atoms with Gasteiger partial charge in [0.2, 0.25) is 5.91 Å². The number of hydrogen-bond acceptors (Lipinski definition) is 5. The summed E-state index contributed by atoms with van der Waals surface area (Å²) in [5.74, 6) is -2.04. The number of carboxylic acids is 1. The second kappa shape index (κ2) is 10.7. The first-order chi connectivity index (χ1) is 13.5. The van der Waals surface area contributed by atoms with Crippen molar-refractivity contribution in [2.24, 2.45) is 0 Å². The number of carbonyl (C=O) groups excluding carboxylic acids is 2. The third-order valence-corrected chi connectivity index (χ3v) is 3.90. The Morgan fingerprint density at radius 3 is 1.96 bits per heavy atom. The highest BCUT2D eigenvalue weighted by atomic mass is 16.5. The van der Waals surface area contributed by atoms with Crippen molar-refractivity contribution < 1.29 is 29.3 Å².